The third-order valence-corrected chi connectivity index (χ3v) is 7.17. The van der Waals surface area contributed by atoms with E-state index in [1.54, 1.807) is 11.3 Å². The standard InChI is InChI=1S/C25H29N5O2S/c1-3-18(4-2)30-21-10-9-17(14-20(21)27-23(30)15-19-6-5-13-33-19)24(31)26-12-11-22-28-25(32-29-22)16-7-8-16/h5-6,9-10,13-14,16,18H,3-4,7-8,11-12,15H2,1-2H3,(H,26,31). The Morgan fingerprint density at radius 3 is 2.82 bits per heavy atom. The summed E-state index contributed by atoms with van der Waals surface area (Å²) < 4.78 is 7.65. The van der Waals surface area contributed by atoms with Crippen molar-refractivity contribution in [1.29, 1.82) is 0 Å². The van der Waals surface area contributed by atoms with Crippen molar-refractivity contribution in [2.45, 2.75) is 64.3 Å². The predicted molar refractivity (Wildman–Crippen MR) is 129 cm³/mol. The van der Waals surface area contributed by atoms with Gasteiger partial charge in [0, 0.05) is 41.8 Å². The van der Waals surface area contributed by atoms with Crippen molar-refractivity contribution in [1.82, 2.24) is 25.0 Å². The van der Waals surface area contributed by atoms with Crippen LogP contribution in [0.4, 0.5) is 0 Å². The van der Waals surface area contributed by atoms with Gasteiger partial charge in [-0.3, -0.25) is 4.79 Å². The van der Waals surface area contributed by atoms with Gasteiger partial charge in [-0.05, 0) is 55.3 Å². The Bertz CT molecular complexity index is 1240. The Hall–Kier alpha value is -3.00. The molecule has 1 fully saturated rings. The Kier molecular flexibility index (Phi) is 6.26. The summed E-state index contributed by atoms with van der Waals surface area (Å²) in [4.78, 5) is 23.5. The van der Waals surface area contributed by atoms with Crippen molar-refractivity contribution < 1.29 is 9.32 Å². The fraction of sp³-hybridized carbons (Fsp3) is 0.440. The first-order chi connectivity index (χ1) is 16.2. The molecule has 1 aromatic carbocycles. The highest BCUT2D eigenvalue weighted by Gasteiger charge is 2.29. The van der Waals surface area contributed by atoms with Crippen LogP contribution in [0.15, 0.2) is 40.2 Å². The quantitative estimate of drug-likeness (QED) is 0.346. The maximum atomic E-state index is 12.8. The van der Waals surface area contributed by atoms with Crippen LogP contribution in [0.1, 0.15) is 84.3 Å². The van der Waals surface area contributed by atoms with Crippen LogP contribution >= 0.6 is 11.3 Å². The van der Waals surface area contributed by atoms with Crippen LogP contribution < -0.4 is 5.32 Å². The van der Waals surface area contributed by atoms with E-state index >= 15 is 0 Å². The molecule has 0 atom stereocenters. The van der Waals surface area contributed by atoms with E-state index in [0.29, 0.717) is 36.3 Å². The second-order valence-corrected chi connectivity index (χ2v) is 9.69. The molecule has 7 nitrogen and oxygen atoms in total. The molecule has 0 bridgehead atoms. The molecule has 1 N–H and O–H groups in total. The first kappa shape index (κ1) is 21.8. The number of benzene rings is 1. The molecule has 172 valence electrons. The highest BCUT2D eigenvalue weighted by atomic mass is 32.1. The largest absolute Gasteiger partial charge is 0.352 e. The van der Waals surface area contributed by atoms with Gasteiger partial charge in [-0.25, -0.2) is 4.98 Å². The average Bonchev–Trinajstić information content (AvgIpc) is 3.20. The number of nitrogens with one attached hydrogen (secondary N) is 1. The first-order valence-corrected chi connectivity index (χ1v) is 12.7. The number of rotatable bonds is 10. The van der Waals surface area contributed by atoms with Gasteiger partial charge in [-0.1, -0.05) is 25.1 Å². The van der Waals surface area contributed by atoms with Gasteiger partial charge in [-0.2, -0.15) is 4.98 Å². The zero-order chi connectivity index (χ0) is 22.8. The van der Waals surface area contributed by atoms with Crippen LogP contribution in [0.5, 0.6) is 0 Å². The van der Waals surface area contributed by atoms with Gasteiger partial charge in [0.25, 0.3) is 5.91 Å². The third-order valence-electron chi connectivity index (χ3n) is 6.29. The van der Waals surface area contributed by atoms with E-state index in [1.807, 2.05) is 18.2 Å². The number of nitrogens with zero attached hydrogens (tertiary/aromatic N) is 4. The molecule has 5 rings (SSSR count). The minimum absolute atomic E-state index is 0.111. The number of aromatic nitrogens is 4. The van der Waals surface area contributed by atoms with Crippen molar-refractivity contribution in [3.8, 4) is 0 Å². The van der Waals surface area contributed by atoms with Gasteiger partial charge < -0.3 is 14.4 Å². The number of carbonyl (C=O) groups is 1. The number of thiophene rings is 1. The van der Waals surface area contributed by atoms with Crippen molar-refractivity contribution in [3.63, 3.8) is 0 Å². The van der Waals surface area contributed by atoms with Gasteiger partial charge in [0.05, 0.1) is 11.0 Å². The smallest absolute Gasteiger partial charge is 0.251 e. The molecule has 33 heavy (non-hydrogen) atoms. The molecule has 3 aromatic heterocycles. The SMILES string of the molecule is CCC(CC)n1c(Cc2cccs2)nc2cc(C(=O)NCCc3noc(C4CC4)n3)ccc21. The summed E-state index contributed by atoms with van der Waals surface area (Å²) in [5.41, 5.74) is 2.57. The fourth-order valence-electron chi connectivity index (χ4n) is 4.30. The Morgan fingerprint density at radius 2 is 2.09 bits per heavy atom. The summed E-state index contributed by atoms with van der Waals surface area (Å²) in [5.74, 6) is 2.77. The van der Waals surface area contributed by atoms with Gasteiger partial charge in [0.1, 0.15) is 5.82 Å². The summed E-state index contributed by atoms with van der Waals surface area (Å²) in [5, 5.41) is 9.09. The summed E-state index contributed by atoms with van der Waals surface area (Å²) in [6, 6.07) is 10.5. The van der Waals surface area contributed by atoms with Crippen LogP contribution in [-0.2, 0) is 12.8 Å². The Labute approximate surface area is 197 Å². The molecular formula is C25H29N5O2S. The van der Waals surface area contributed by atoms with Crippen LogP contribution in [0.25, 0.3) is 11.0 Å². The van der Waals surface area contributed by atoms with Crippen molar-refractivity contribution in [3.05, 3.63) is 63.7 Å². The molecule has 0 spiro atoms. The van der Waals surface area contributed by atoms with E-state index in [-0.39, 0.29) is 5.91 Å². The minimum Gasteiger partial charge on any atom is -0.352 e. The summed E-state index contributed by atoms with van der Waals surface area (Å²) in [7, 11) is 0. The van der Waals surface area contributed by atoms with Crippen LogP contribution in [0, 0.1) is 0 Å². The Balaban J connectivity index is 1.32. The molecular weight excluding hydrogens is 434 g/mol. The molecule has 0 aliphatic heterocycles. The summed E-state index contributed by atoms with van der Waals surface area (Å²) >= 11 is 1.75. The molecule has 1 amide bonds. The average molecular weight is 464 g/mol. The van der Waals surface area contributed by atoms with Gasteiger partial charge in [0.2, 0.25) is 5.89 Å². The summed E-state index contributed by atoms with van der Waals surface area (Å²) in [6.45, 7) is 4.90. The minimum atomic E-state index is -0.111. The van der Waals surface area contributed by atoms with Gasteiger partial charge in [0.15, 0.2) is 5.82 Å². The van der Waals surface area contributed by atoms with Crippen LogP contribution in [0.2, 0.25) is 0 Å². The molecule has 1 aliphatic rings. The number of carbonyl (C=O) groups excluding carboxylic acids is 1. The number of hydrogen-bond donors (Lipinski definition) is 1. The van der Waals surface area contributed by atoms with E-state index < -0.39 is 0 Å². The number of amides is 1. The topological polar surface area (TPSA) is 85.8 Å². The Morgan fingerprint density at radius 1 is 1.24 bits per heavy atom. The van der Waals surface area contributed by atoms with Crippen LogP contribution in [0.3, 0.4) is 0 Å². The van der Waals surface area contributed by atoms with E-state index in [9.17, 15) is 4.79 Å². The third kappa shape index (κ3) is 4.71. The molecule has 4 aromatic rings. The van der Waals surface area contributed by atoms with Gasteiger partial charge >= 0.3 is 0 Å². The van der Waals surface area contributed by atoms with E-state index in [2.05, 4.69) is 51.4 Å². The normalized spacial score (nSPS) is 13.8. The van der Waals surface area contributed by atoms with Gasteiger partial charge in [-0.15, -0.1) is 11.3 Å². The zero-order valence-corrected chi connectivity index (χ0v) is 19.9. The lowest BCUT2D eigenvalue weighted by atomic mass is 10.1. The first-order valence-electron chi connectivity index (χ1n) is 11.8. The molecule has 0 unspecified atom stereocenters. The summed E-state index contributed by atoms with van der Waals surface area (Å²) in [6.07, 6.45) is 5.70. The molecule has 0 saturated heterocycles. The lowest BCUT2D eigenvalue weighted by molar-refractivity contribution is 0.0954. The molecule has 0 radical (unpaired) electrons. The number of fused-ring (bicyclic) bond motifs is 1. The van der Waals surface area contributed by atoms with Crippen molar-refractivity contribution in [2.24, 2.45) is 0 Å². The van der Waals surface area contributed by atoms with E-state index in [0.717, 1.165) is 54.9 Å². The highest BCUT2D eigenvalue weighted by molar-refractivity contribution is 7.09. The van der Waals surface area contributed by atoms with Crippen molar-refractivity contribution >= 4 is 28.3 Å². The monoisotopic (exact) mass is 463 g/mol. The van der Waals surface area contributed by atoms with Crippen LogP contribution in [-0.4, -0.2) is 32.1 Å². The maximum Gasteiger partial charge on any atom is 0.251 e. The lowest BCUT2D eigenvalue weighted by Crippen LogP contribution is -2.25. The van der Waals surface area contributed by atoms with E-state index in [4.69, 9.17) is 9.51 Å². The molecule has 3 heterocycles. The molecule has 1 saturated carbocycles. The number of hydrogen-bond acceptors (Lipinski definition) is 6. The predicted octanol–water partition coefficient (Wildman–Crippen LogP) is 5.28. The second kappa shape index (κ2) is 9.47. The van der Waals surface area contributed by atoms with Crippen molar-refractivity contribution in [2.75, 3.05) is 6.54 Å². The van der Waals surface area contributed by atoms with E-state index in [1.165, 1.54) is 4.88 Å². The number of imidazole rings is 1. The zero-order valence-electron chi connectivity index (χ0n) is 19.1. The maximum absolute atomic E-state index is 12.8. The fourth-order valence-corrected chi connectivity index (χ4v) is 5.00. The molecule has 1 aliphatic carbocycles. The highest BCUT2D eigenvalue weighted by Crippen LogP contribution is 2.38. The second-order valence-electron chi connectivity index (χ2n) is 8.66. The molecule has 8 heteroatoms. The lowest BCUT2D eigenvalue weighted by Gasteiger charge is -2.18.